The summed E-state index contributed by atoms with van der Waals surface area (Å²) in [5, 5.41) is 9.22. The first-order chi connectivity index (χ1) is 9.60. The lowest BCUT2D eigenvalue weighted by Gasteiger charge is -2.13. The lowest BCUT2D eigenvalue weighted by molar-refractivity contribution is 0.0696. The third-order valence-electron chi connectivity index (χ3n) is 2.97. The number of hydrogen-bond acceptors (Lipinski definition) is 3. The van der Waals surface area contributed by atoms with E-state index in [0.717, 1.165) is 12.8 Å². The standard InChI is InChI=1S/C15H21ClO4/c1-3-4-5-6-7-8-20-14-12(16)9-11(15(17)18)10-13(14)19-2/h9-10H,3-8H2,1-2H3,(H,17,18). The fourth-order valence-corrected chi connectivity index (χ4v) is 2.13. The number of benzene rings is 1. The van der Waals surface area contributed by atoms with Crippen molar-refractivity contribution in [3.8, 4) is 11.5 Å². The van der Waals surface area contributed by atoms with Gasteiger partial charge in [0, 0.05) is 0 Å². The van der Waals surface area contributed by atoms with Gasteiger partial charge in [-0.05, 0) is 18.6 Å². The average molecular weight is 301 g/mol. The van der Waals surface area contributed by atoms with E-state index >= 15 is 0 Å². The van der Waals surface area contributed by atoms with Gasteiger partial charge in [-0.15, -0.1) is 0 Å². The highest BCUT2D eigenvalue weighted by Gasteiger charge is 2.15. The van der Waals surface area contributed by atoms with Gasteiger partial charge in [0.25, 0.3) is 0 Å². The van der Waals surface area contributed by atoms with Gasteiger partial charge in [-0.3, -0.25) is 0 Å². The van der Waals surface area contributed by atoms with E-state index in [1.54, 1.807) is 0 Å². The zero-order chi connectivity index (χ0) is 15.0. The predicted octanol–water partition coefficient (Wildman–Crippen LogP) is 4.40. The first kappa shape index (κ1) is 16.6. The number of methoxy groups -OCH3 is 1. The zero-order valence-electron chi connectivity index (χ0n) is 11.9. The number of rotatable bonds is 9. The first-order valence-electron chi connectivity index (χ1n) is 6.83. The Kier molecular flexibility index (Phi) is 7.23. The van der Waals surface area contributed by atoms with Crippen LogP contribution in [0.3, 0.4) is 0 Å². The Hall–Kier alpha value is -1.42. The summed E-state index contributed by atoms with van der Waals surface area (Å²) in [5.41, 5.74) is 0.0853. The van der Waals surface area contributed by atoms with Crippen molar-refractivity contribution < 1.29 is 19.4 Å². The highest BCUT2D eigenvalue weighted by atomic mass is 35.5. The third-order valence-corrected chi connectivity index (χ3v) is 3.25. The summed E-state index contributed by atoms with van der Waals surface area (Å²) in [4.78, 5) is 10.9. The molecule has 0 atom stereocenters. The Balaban J connectivity index is 2.62. The van der Waals surface area contributed by atoms with Gasteiger partial charge in [0.2, 0.25) is 0 Å². The molecule has 5 heteroatoms. The van der Waals surface area contributed by atoms with E-state index in [0.29, 0.717) is 18.1 Å². The van der Waals surface area contributed by atoms with Crippen LogP contribution in [-0.4, -0.2) is 24.8 Å². The first-order valence-corrected chi connectivity index (χ1v) is 7.21. The molecule has 0 aliphatic rings. The van der Waals surface area contributed by atoms with Gasteiger partial charge in [0.05, 0.1) is 24.3 Å². The molecule has 112 valence electrons. The number of aromatic carboxylic acids is 1. The molecule has 0 aliphatic heterocycles. The molecule has 1 N–H and O–H groups in total. The number of hydrogen-bond donors (Lipinski definition) is 1. The van der Waals surface area contributed by atoms with Crippen LogP contribution in [0.25, 0.3) is 0 Å². The van der Waals surface area contributed by atoms with E-state index in [1.807, 2.05) is 0 Å². The summed E-state index contributed by atoms with van der Waals surface area (Å²) < 4.78 is 10.8. The number of ether oxygens (including phenoxy) is 2. The number of carbonyl (C=O) groups is 1. The lowest BCUT2D eigenvalue weighted by Crippen LogP contribution is -2.03. The van der Waals surface area contributed by atoms with Gasteiger partial charge in [0.15, 0.2) is 11.5 Å². The largest absolute Gasteiger partial charge is 0.493 e. The minimum atomic E-state index is -1.05. The molecule has 0 aromatic heterocycles. The molecule has 0 amide bonds. The SMILES string of the molecule is CCCCCCCOc1c(Cl)cc(C(=O)O)cc1OC. The molecule has 0 bridgehead atoms. The molecule has 0 spiro atoms. The van der Waals surface area contributed by atoms with Crippen LogP contribution < -0.4 is 9.47 Å². The van der Waals surface area contributed by atoms with Crippen LogP contribution >= 0.6 is 11.6 Å². The molecule has 4 nitrogen and oxygen atoms in total. The van der Waals surface area contributed by atoms with Crippen LogP contribution in [0.15, 0.2) is 12.1 Å². The maximum atomic E-state index is 10.9. The molecule has 0 aliphatic carbocycles. The Morgan fingerprint density at radius 2 is 1.95 bits per heavy atom. The smallest absolute Gasteiger partial charge is 0.335 e. The number of halogens is 1. The van der Waals surface area contributed by atoms with E-state index in [9.17, 15) is 4.79 Å². The molecular formula is C15H21ClO4. The van der Waals surface area contributed by atoms with E-state index < -0.39 is 5.97 Å². The van der Waals surface area contributed by atoms with Crippen molar-refractivity contribution in [2.24, 2.45) is 0 Å². The van der Waals surface area contributed by atoms with Gasteiger partial charge >= 0.3 is 5.97 Å². The second-order valence-corrected chi connectivity index (χ2v) is 4.96. The molecule has 0 heterocycles. The summed E-state index contributed by atoms with van der Waals surface area (Å²) in [6, 6.07) is 2.79. The maximum Gasteiger partial charge on any atom is 0.335 e. The minimum Gasteiger partial charge on any atom is -0.493 e. The van der Waals surface area contributed by atoms with E-state index in [-0.39, 0.29) is 10.6 Å². The van der Waals surface area contributed by atoms with Crippen molar-refractivity contribution >= 4 is 17.6 Å². The van der Waals surface area contributed by atoms with Crippen molar-refractivity contribution in [2.45, 2.75) is 39.0 Å². The molecular weight excluding hydrogens is 280 g/mol. The van der Waals surface area contributed by atoms with E-state index in [4.69, 9.17) is 26.2 Å². The highest BCUT2D eigenvalue weighted by Crippen LogP contribution is 2.36. The number of unbranched alkanes of at least 4 members (excludes halogenated alkanes) is 4. The van der Waals surface area contributed by atoms with Crippen molar-refractivity contribution in [1.82, 2.24) is 0 Å². The summed E-state index contributed by atoms with van der Waals surface area (Å²) >= 11 is 6.05. The Labute approximate surface area is 124 Å². The third kappa shape index (κ3) is 4.93. The van der Waals surface area contributed by atoms with Crippen LogP contribution in [0.4, 0.5) is 0 Å². The molecule has 0 fully saturated rings. The summed E-state index contributed by atoms with van der Waals surface area (Å²) in [7, 11) is 1.46. The number of carboxylic acids is 1. The van der Waals surface area contributed by atoms with E-state index in [2.05, 4.69) is 6.92 Å². The molecule has 1 aromatic rings. The monoisotopic (exact) mass is 300 g/mol. The Morgan fingerprint density at radius 1 is 1.25 bits per heavy atom. The van der Waals surface area contributed by atoms with Gasteiger partial charge in [0.1, 0.15) is 0 Å². The summed E-state index contributed by atoms with van der Waals surface area (Å²) in [6.07, 6.45) is 5.69. The van der Waals surface area contributed by atoms with Crippen LogP contribution in [-0.2, 0) is 0 Å². The summed E-state index contributed by atoms with van der Waals surface area (Å²) in [6.45, 7) is 2.72. The topological polar surface area (TPSA) is 55.8 Å². The van der Waals surface area contributed by atoms with Gasteiger partial charge in [-0.1, -0.05) is 44.2 Å². The van der Waals surface area contributed by atoms with Crippen molar-refractivity contribution in [2.75, 3.05) is 13.7 Å². The second-order valence-electron chi connectivity index (χ2n) is 4.56. The zero-order valence-corrected chi connectivity index (χ0v) is 12.7. The quantitative estimate of drug-likeness (QED) is 0.687. The fraction of sp³-hybridized carbons (Fsp3) is 0.533. The average Bonchev–Trinajstić information content (AvgIpc) is 2.43. The molecule has 0 saturated heterocycles. The molecule has 0 radical (unpaired) electrons. The van der Waals surface area contributed by atoms with E-state index in [1.165, 1.54) is 38.5 Å². The van der Waals surface area contributed by atoms with Crippen molar-refractivity contribution in [1.29, 1.82) is 0 Å². The Bertz CT molecular complexity index is 446. The van der Waals surface area contributed by atoms with Crippen LogP contribution in [0.5, 0.6) is 11.5 Å². The second kappa shape index (κ2) is 8.69. The molecule has 0 saturated carbocycles. The molecule has 1 aromatic carbocycles. The van der Waals surface area contributed by atoms with Gasteiger partial charge in [-0.25, -0.2) is 4.79 Å². The highest BCUT2D eigenvalue weighted by molar-refractivity contribution is 6.32. The fourth-order valence-electron chi connectivity index (χ4n) is 1.86. The Morgan fingerprint density at radius 3 is 2.55 bits per heavy atom. The molecule has 1 rings (SSSR count). The normalized spacial score (nSPS) is 10.3. The van der Waals surface area contributed by atoms with Crippen molar-refractivity contribution in [3.63, 3.8) is 0 Å². The molecule has 20 heavy (non-hydrogen) atoms. The lowest BCUT2D eigenvalue weighted by atomic mass is 10.1. The number of carboxylic acid groups (broad SMARTS) is 1. The summed E-state index contributed by atoms with van der Waals surface area (Å²) in [5.74, 6) is -0.283. The minimum absolute atomic E-state index is 0.0853. The van der Waals surface area contributed by atoms with Gasteiger partial charge in [-0.2, -0.15) is 0 Å². The maximum absolute atomic E-state index is 10.9. The van der Waals surface area contributed by atoms with Crippen molar-refractivity contribution in [3.05, 3.63) is 22.7 Å². The van der Waals surface area contributed by atoms with Gasteiger partial charge < -0.3 is 14.6 Å². The van der Waals surface area contributed by atoms with Crippen LogP contribution in [0, 0.1) is 0 Å². The van der Waals surface area contributed by atoms with Crippen LogP contribution in [0.1, 0.15) is 49.4 Å². The molecule has 0 unspecified atom stereocenters. The van der Waals surface area contributed by atoms with Crippen LogP contribution in [0.2, 0.25) is 5.02 Å². The predicted molar refractivity (Wildman–Crippen MR) is 79.2 cm³/mol.